The molecule has 1 heterocycles. The van der Waals surface area contributed by atoms with Crippen LogP contribution in [0.25, 0.3) is 0 Å². The topological polar surface area (TPSA) is 45.6 Å². The van der Waals surface area contributed by atoms with Gasteiger partial charge in [-0.05, 0) is 51.1 Å². The van der Waals surface area contributed by atoms with Gasteiger partial charge in [-0.2, -0.15) is 0 Å². The molecule has 0 bridgehead atoms. The quantitative estimate of drug-likeness (QED) is 0.852. The number of benzene rings is 1. The molecule has 1 N–H and O–H groups in total. The Labute approximate surface area is 136 Å². The van der Waals surface area contributed by atoms with Crippen LogP contribution in [0.1, 0.15) is 21.8 Å². The maximum absolute atomic E-state index is 10.1. The zero-order valence-corrected chi connectivity index (χ0v) is 14.5. The van der Waals surface area contributed by atoms with Crippen molar-refractivity contribution < 1.29 is 9.84 Å². The number of aliphatic hydroxyl groups is 1. The van der Waals surface area contributed by atoms with E-state index in [0.717, 1.165) is 23.0 Å². The molecule has 1 atom stereocenters. The number of likely N-dealkylation sites (N-methyl/N-ethyl adjacent to an activating group) is 1. The Hall–Kier alpha value is -1.43. The van der Waals surface area contributed by atoms with Gasteiger partial charge in [-0.15, -0.1) is 11.3 Å². The van der Waals surface area contributed by atoms with Crippen molar-refractivity contribution in [3.05, 3.63) is 45.4 Å². The fourth-order valence-electron chi connectivity index (χ4n) is 2.44. The lowest BCUT2D eigenvalue weighted by atomic mass is 10.1. The second kappa shape index (κ2) is 7.72. The Morgan fingerprint density at radius 2 is 1.91 bits per heavy atom. The molecule has 0 fully saturated rings. The summed E-state index contributed by atoms with van der Waals surface area (Å²) in [4.78, 5) is 6.49. The van der Waals surface area contributed by atoms with E-state index in [1.807, 2.05) is 40.0 Å². The number of aryl methyl sites for hydroxylation is 3. The lowest BCUT2D eigenvalue weighted by Crippen LogP contribution is -2.32. The molecule has 0 saturated carbocycles. The Morgan fingerprint density at radius 3 is 2.50 bits per heavy atom. The van der Waals surface area contributed by atoms with E-state index < -0.39 is 6.10 Å². The molecule has 0 radical (unpaired) electrons. The minimum atomic E-state index is -0.523. The molecule has 1 unspecified atom stereocenters. The molecule has 120 valence electrons. The first-order valence-electron chi connectivity index (χ1n) is 7.41. The summed E-state index contributed by atoms with van der Waals surface area (Å²) in [5.41, 5.74) is 3.38. The first-order chi connectivity index (χ1) is 10.4. The van der Waals surface area contributed by atoms with Crippen LogP contribution in [0.4, 0.5) is 0 Å². The first kappa shape index (κ1) is 16.9. The fraction of sp³-hybridized carbons (Fsp3) is 0.471. The van der Waals surface area contributed by atoms with Crippen molar-refractivity contribution in [2.75, 3.05) is 20.2 Å². The molecule has 0 spiro atoms. The van der Waals surface area contributed by atoms with Crippen LogP contribution in [0.5, 0.6) is 5.75 Å². The molecule has 5 heteroatoms. The van der Waals surface area contributed by atoms with Gasteiger partial charge in [0.05, 0.1) is 10.7 Å². The van der Waals surface area contributed by atoms with Crippen molar-refractivity contribution in [3.8, 4) is 5.75 Å². The van der Waals surface area contributed by atoms with Crippen molar-refractivity contribution >= 4 is 11.3 Å². The largest absolute Gasteiger partial charge is 0.491 e. The van der Waals surface area contributed by atoms with Crippen molar-refractivity contribution in [2.45, 2.75) is 33.4 Å². The van der Waals surface area contributed by atoms with E-state index in [9.17, 15) is 5.11 Å². The first-order valence-corrected chi connectivity index (χ1v) is 8.29. The third-order valence-corrected chi connectivity index (χ3v) is 4.08. The molecule has 1 aromatic carbocycles. The molecule has 0 saturated heterocycles. The van der Waals surface area contributed by atoms with Gasteiger partial charge in [0, 0.05) is 18.5 Å². The Bertz CT molecular complexity index is 592. The molecule has 1 aromatic heterocycles. The molecular weight excluding hydrogens is 296 g/mol. The Kier molecular flexibility index (Phi) is 5.94. The molecule has 0 aliphatic heterocycles. The highest BCUT2D eigenvalue weighted by molar-refractivity contribution is 7.09. The normalized spacial score (nSPS) is 12.6. The number of thiazole rings is 1. The number of aromatic nitrogens is 1. The van der Waals surface area contributed by atoms with E-state index >= 15 is 0 Å². The molecule has 0 aliphatic carbocycles. The number of rotatable bonds is 7. The number of hydrogen-bond donors (Lipinski definition) is 1. The number of aliphatic hydroxyl groups excluding tert-OH is 1. The minimum Gasteiger partial charge on any atom is -0.491 e. The molecule has 0 aliphatic rings. The van der Waals surface area contributed by atoms with E-state index in [4.69, 9.17) is 4.74 Å². The lowest BCUT2D eigenvalue weighted by molar-refractivity contribution is 0.0740. The zero-order chi connectivity index (χ0) is 16.1. The predicted octanol–water partition coefficient (Wildman–Crippen LogP) is 2.94. The van der Waals surface area contributed by atoms with Crippen LogP contribution in [-0.4, -0.2) is 41.3 Å². The summed E-state index contributed by atoms with van der Waals surface area (Å²) in [6, 6.07) is 6.08. The highest BCUT2D eigenvalue weighted by atomic mass is 32.1. The Morgan fingerprint density at radius 1 is 1.23 bits per heavy atom. The second-order valence-corrected chi connectivity index (χ2v) is 6.91. The summed E-state index contributed by atoms with van der Waals surface area (Å²) in [6.45, 7) is 7.68. The molecule has 2 aromatic rings. The van der Waals surface area contributed by atoms with Crippen molar-refractivity contribution in [3.63, 3.8) is 0 Å². The van der Waals surface area contributed by atoms with Gasteiger partial charge in [-0.25, -0.2) is 4.98 Å². The highest BCUT2D eigenvalue weighted by Crippen LogP contribution is 2.16. The third kappa shape index (κ3) is 5.40. The average molecular weight is 320 g/mol. The number of nitrogens with zero attached hydrogens (tertiary/aromatic N) is 2. The molecular formula is C17H24N2O2S. The van der Waals surface area contributed by atoms with Crippen LogP contribution in [-0.2, 0) is 6.54 Å². The monoisotopic (exact) mass is 320 g/mol. The summed E-state index contributed by atoms with van der Waals surface area (Å²) in [5, 5.41) is 13.2. The van der Waals surface area contributed by atoms with Crippen molar-refractivity contribution in [1.29, 1.82) is 0 Å². The van der Waals surface area contributed by atoms with E-state index in [1.54, 1.807) is 11.3 Å². The van der Waals surface area contributed by atoms with Crippen LogP contribution >= 0.6 is 11.3 Å². The van der Waals surface area contributed by atoms with Crippen molar-refractivity contribution in [2.24, 2.45) is 0 Å². The summed E-state index contributed by atoms with van der Waals surface area (Å²) in [5.74, 6) is 0.814. The van der Waals surface area contributed by atoms with E-state index in [-0.39, 0.29) is 0 Å². The molecule has 0 amide bonds. The van der Waals surface area contributed by atoms with E-state index in [0.29, 0.717) is 13.2 Å². The van der Waals surface area contributed by atoms with Gasteiger partial charge in [0.1, 0.15) is 18.5 Å². The maximum atomic E-state index is 10.1. The summed E-state index contributed by atoms with van der Waals surface area (Å²) in [6.07, 6.45) is -0.523. The lowest BCUT2D eigenvalue weighted by Gasteiger charge is -2.20. The minimum absolute atomic E-state index is 0.295. The summed E-state index contributed by atoms with van der Waals surface area (Å²) >= 11 is 1.65. The fourth-order valence-corrected chi connectivity index (χ4v) is 3.05. The van der Waals surface area contributed by atoms with E-state index in [1.165, 1.54) is 11.1 Å². The summed E-state index contributed by atoms with van der Waals surface area (Å²) < 4.78 is 5.69. The number of ether oxygens (including phenoxy) is 1. The SMILES string of the molecule is Cc1cc(C)cc(OCC(O)CN(C)Cc2csc(C)n2)c1. The van der Waals surface area contributed by atoms with Crippen LogP contribution in [0, 0.1) is 20.8 Å². The van der Waals surface area contributed by atoms with Gasteiger partial charge in [-0.3, -0.25) is 4.90 Å². The third-order valence-electron chi connectivity index (χ3n) is 3.26. The van der Waals surface area contributed by atoms with Gasteiger partial charge in [0.25, 0.3) is 0 Å². The molecule has 4 nitrogen and oxygen atoms in total. The van der Waals surface area contributed by atoms with E-state index in [2.05, 4.69) is 21.3 Å². The second-order valence-electron chi connectivity index (χ2n) is 5.84. The van der Waals surface area contributed by atoms with Crippen LogP contribution in [0.15, 0.2) is 23.6 Å². The van der Waals surface area contributed by atoms with Gasteiger partial charge in [0.15, 0.2) is 0 Å². The maximum Gasteiger partial charge on any atom is 0.119 e. The predicted molar refractivity (Wildman–Crippen MR) is 90.6 cm³/mol. The Balaban J connectivity index is 1.78. The van der Waals surface area contributed by atoms with Gasteiger partial charge in [0.2, 0.25) is 0 Å². The van der Waals surface area contributed by atoms with Crippen molar-refractivity contribution in [1.82, 2.24) is 9.88 Å². The standard InChI is InChI=1S/C17H24N2O2S/c1-12-5-13(2)7-17(6-12)21-10-16(20)9-19(4)8-15-11-22-14(3)18-15/h5-7,11,16,20H,8-10H2,1-4H3. The van der Waals surface area contributed by atoms with Gasteiger partial charge < -0.3 is 9.84 Å². The molecule has 2 rings (SSSR count). The van der Waals surface area contributed by atoms with Crippen LogP contribution < -0.4 is 4.74 Å². The highest BCUT2D eigenvalue weighted by Gasteiger charge is 2.11. The summed E-state index contributed by atoms with van der Waals surface area (Å²) in [7, 11) is 1.98. The number of hydrogen-bond acceptors (Lipinski definition) is 5. The van der Waals surface area contributed by atoms with Gasteiger partial charge >= 0.3 is 0 Å². The average Bonchev–Trinajstić information content (AvgIpc) is 2.80. The molecule has 22 heavy (non-hydrogen) atoms. The smallest absolute Gasteiger partial charge is 0.119 e. The van der Waals surface area contributed by atoms with Crippen LogP contribution in [0.3, 0.4) is 0 Å². The van der Waals surface area contributed by atoms with Crippen LogP contribution in [0.2, 0.25) is 0 Å². The zero-order valence-electron chi connectivity index (χ0n) is 13.7. The van der Waals surface area contributed by atoms with Gasteiger partial charge in [-0.1, -0.05) is 6.07 Å².